The van der Waals surface area contributed by atoms with Gasteiger partial charge in [-0.3, -0.25) is 4.90 Å². The number of halogens is 1. The largest absolute Gasteiger partial charge is 0.508 e. The van der Waals surface area contributed by atoms with E-state index in [1.165, 1.54) is 6.42 Å². The van der Waals surface area contributed by atoms with Crippen molar-refractivity contribution in [1.29, 1.82) is 0 Å². The lowest BCUT2D eigenvalue weighted by Gasteiger charge is -2.37. The normalized spacial score (nSPS) is 23.1. The lowest BCUT2D eigenvalue weighted by atomic mass is 9.77. The lowest BCUT2D eigenvalue weighted by Crippen LogP contribution is -2.35. The summed E-state index contributed by atoms with van der Waals surface area (Å²) in [6, 6.07) is 20.0. The van der Waals surface area contributed by atoms with Crippen LogP contribution in [0.2, 0.25) is 0 Å². The molecule has 0 radical (unpaired) electrons. The summed E-state index contributed by atoms with van der Waals surface area (Å²) in [6.45, 7) is 7.35. The Morgan fingerprint density at radius 2 is 1.77 bits per heavy atom. The van der Waals surface area contributed by atoms with Crippen molar-refractivity contribution in [2.24, 2.45) is 5.92 Å². The van der Waals surface area contributed by atoms with Gasteiger partial charge in [-0.25, -0.2) is 4.39 Å². The van der Waals surface area contributed by atoms with Crippen molar-refractivity contribution >= 4 is 11.1 Å². The maximum atomic E-state index is 16.8. The fourth-order valence-corrected chi connectivity index (χ4v) is 6.58. The SMILES string of the molecule is C[C@@H]1CCN([C@@H](C)COc2ccc(C3Oc4ccc(O)cc4C(C4(F)CCCC4)=C3c3cccc(O)c3)cc2)C1. The number of fused-ring (bicyclic) bond motifs is 1. The minimum absolute atomic E-state index is 0.0641. The van der Waals surface area contributed by atoms with Gasteiger partial charge in [0, 0.05) is 29.3 Å². The zero-order chi connectivity index (χ0) is 27.9. The predicted molar refractivity (Wildman–Crippen MR) is 155 cm³/mol. The number of hydrogen-bond acceptors (Lipinski definition) is 5. The van der Waals surface area contributed by atoms with E-state index in [2.05, 4.69) is 18.7 Å². The van der Waals surface area contributed by atoms with Gasteiger partial charge in [0.25, 0.3) is 0 Å². The van der Waals surface area contributed by atoms with Crippen LogP contribution in [0, 0.1) is 5.92 Å². The summed E-state index contributed by atoms with van der Waals surface area (Å²) in [5.74, 6) is 2.23. The highest BCUT2D eigenvalue weighted by molar-refractivity contribution is 5.99. The first-order chi connectivity index (χ1) is 19.3. The molecule has 1 aliphatic carbocycles. The van der Waals surface area contributed by atoms with Gasteiger partial charge < -0.3 is 19.7 Å². The first kappa shape index (κ1) is 26.7. The van der Waals surface area contributed by atoms with E-state index in [-0.39, 0.29) is 11.5 Å². The van der Waals surface area contributed by atoms with Crippen LogP contribution in [0.1, 0.15) is 68.7 Å². The van der Waals surface area contributed by atoms with Crippen molar-refractivity contribution in [3.8, 4) is 23.0 Å². The molecule has 1 saturated carbocycles. The van der Waals surface area contributed by atoms with E-state index in [0.717, 1.165) is 43.2 Å². The number of nitrogens with zero attached hydrogens (tertiary/aromatic N) is 1. The zero-order valence-corrected chi connectivity index (χ0v) is 23.3. The zero-order valence-electron chi connectivity index (χ0n) is 23.3. The van der Waals surface area contributed by atoms with E-state index in [0.29, 0.717) is 53.5 Å². The van der Waals surface area contributed by atoms with Gasteiger partial charge in [-0.2, -0.15) is 0 Å². The molecule has 3 aliphatic rings. The molecule has 3 aromatic rings. The number of ether oxygens (including phenoxy) is 2. The van der Waals surface area contributed by atoms with Crippen LogP contribution < -0.4 is 9.47 Å². The number of phenolic OH excluding ortho intramolecular Hbond substituents is 2. The number of alkyl halides is 1. The van der Waals surface area contributed by atoms with Gasteiger partial charge in [0.1, 0.15) is 41.4 Å². The first-order valence-electron chi connectivity index (χ1n) is 14.5. The smallest absolute Gasteiger partial charge is 0.150 e. The third-order valence-corrected chi connectivity index (χ3v) is 8.76. The third-order valence-electron chi connectivity index (χ3n) is 8.76. The van der Waals surface area contributed by atoms with E-state index in [4.69, 9.17) is 9.47 Å². The van der Waals surface area contributed by atoms with Crippen molar-refractivity contribution in [3.05, 3.63) is 83.4 Å². The number of benzene rings is 3. The van der Waals surface area contributed by atoms with E-state index >= 15 is 4.39 Å². The van der Waals surface area contributed by atoms with Crippen LogP contribution in [0.3, 0.4) is 0 Å². The molecule has 0 spiro atoms. The van der Waals surface area contributed by atoms with Gasteiger partial charge in [-0.15, -0.1) is 0 Å². The van der Waals surface area contributed by atoms with Gasteiger partial charge >= 0.3 is 0 Å². The van der Waals surface area contributed by atoms with Crippen molar-refractivity contribution in [3.63, 3.8) is 0 Å². The molecular formula is C34H38FNO4. The highest BCUT2D eigenvalue weighted by atomic mass is 19.1. The number of phenols is 2. The molecule has 2 aliphatic heterocycles. The Morgan fingerprint density at radius 1 is 1.02 bits per heavy atom. The molecule has 210 valence electrons. The summed E-state index contributed by atoms with van der Waals surface area (Å²) < 4.78 is 29.6. The van der Waals surface area contributed by atoms with Crippen LogP contribution in [0.15, 0.2) is 66.7 Å². The molecule has 5 nitrogen and oxygen atoms in total. The Balaban J connectivity index is 1.37. The van der Waals surface area contributed by atoms with Crippen LogP contribution in [-0.4, -0.2) is 46.5 Å². The third kappa shape index (κ3) is 5.17. The quantitative estimate of drug-likeness (QED) is 0.322. The molecule has 2 N–H and O–H groups in total. The molecule has 0 aromatic heterocycles. The van der Waals surface area contributed by atoms with E-state index in [9.17, 15) is 10.2 Å². The van der Waals surface area contributed by atoms with E-state index in [1.54, 1.807) is 36.4 Å². The summed E-state index contributed by atoms with van der Waals surface area (Å²) in [5.41, 5.74) is 1.81. The Hall–Kier alpha value is -3.51. The molecule has 2 heterocycles. The number of likely N-dealkylation sites (tertiary alicyclic amines) is 1. The van der Waals surface area contributed by atoms with Gasteiger partial charge in [0.2, 0.25) is 0 Å². The highest BCUT2D eigenvalue weighted by Gasteiger charge is 2.45. The Morgan fingerprint density at radius 3 is 2.48 bits per heavy atom. The molecular weight excluding hydrogens is 505 g/mol. The second-order valence-electron chi connectivity index (χ2n) is 11.8. The summed E-state index contributed by atoms with van der Waals surface area (Å²) in [7, 11) is 0. The fraction of sp³-hybridized carbons (Fsp3) is 0.412. The number of allylic oxidation sites excluding steroid dienone is 1. The van der Waals surface area contributed by atoms with Crippen LogP contribution in [0.4, 0.5) is 4.39 Å². The molecule has 3 atom stereocenters. The highest BCUT2D eigenvalue weighted by Crippen LogP contribution is 2.56. The minimum atomic E-state index is -1.56. The fourth-order valence-electron chi connectivity index (χ4n) is 6.58. The molecule has 6 heteroatoms. The maximum Gasteiger partial charge on any atom is 0.150 e. The van der Waals surface area contributed by atoms with Crippen LogP contribution in [0.25, 0.3) is 11.1 Å². The standard InChI is InChI=1S/C34H38FNO4/c1-22-14-17-36(20-22)23(2)21-39-28-11-8-24(9-12-28)33-31(25-6-5-7-26(37)18-25)32(34(35)15-3-4-16-34)29-19-27(38)10-13-30(29)40-33/h5-13,18-19,22-23,33,37-38H,3-4,14-17,20-21H2,1-2H3/t22-,23+,33?/m1/s1. The molecule has 1 saturated heterocycles. The van der Waals surface area contributed by atoms with Crippen LogP contribution >= 0.6 is 0 Å². The Bertz CT molecular complexity index is 1400. The Labute approximate surface area is 235 Å². The first-order valence-corrected chi connectivity index (χ1v) is 14.5. The number of aromatic hydroxyl groups is 2. The van der Waals surface area contributed by atoms with Crippen molar-refractivity contribution in [2.75, 3.05) is 19.7 Å². The maximum absolute atomic E-state index is 16.8. The second-order valence-corrected chi connectivity index (χ2v) is 11.8. The summed E-state index contributed by atoms with van der Waals surface area (Å²) in [5, 5.41) is 20.7. The summed E-state index contributed by atoms with van der Waals surface area (Å²) in [4.78, 5) is 2.48. The molecule has 2 fully saturated rings. The number of hydrogen-bond donors (Lipinski definition) is 2. The second kappa shape index (κ2) is 10.8. The molecule has 3 aromatic carbocycles. The monoisotopic (exact) mass is 543 g/mol. The van der Waals surface area contributed by atoms with Crippen LogP contribution in [0.5, 0.6) is 23.0 Å². The number of rotatable bonds is 7. The summed E-state index contributed by atoms with van der Waals surface area (Å²) >= 11 is 0. The van der Waals surface area contributed by atoms with Gasteiger partial charge in [0.05, 0.1) is 0 Å². The average Bonchev–Trinajstić information content (AvgIpc) is 3.60. The molecule has 6 rings (SSSR count). The minimum Gasteiger partial charge on any atom is -0.508 e. The van der Waals surface area contributed by atoms with E-state index in [1.807, 2.05) is 30.3 Å². The molecule has 40 heavy (non-hydrogen) atoms. The van der Waals surface area contributed by atoms with Crippen molar-refractivity contribution in [1.82, 2.24) is 4.90 Å². The average molecular weight is 544 g/mol. The molecule has 1 unspecified atom stereocenters. The van der Waals surface area contributed by atoms with Crippen LogP contribution in [-0.2, 0) is 0 Å². The van der Waals surface area contributed by atoms with Gasteiger partial charge in [-0.1, -0.05) is 31.2 Å². The van der Waals surface area contributed by atoms with Crippen molar-refractivity contribution in [2.45, 2.75) is 63.8 Å². The lowest BCUT2D eigenvalue weighted by molar-refractivity contribution is 0.169. The molecule has 0 amide bonds. The van der Waals surface area contributed by atoms with Gasteiger partial charge in [-0.05, 0) is 105 Å². The molecule has 0 bridgehead atoms. The topological polar surface area (TPSA) is 62.2 Å². The van der Waals surface area contributed by atoms with Gasteiger partial charge in [0.15, 0.2) is 0 Å². The van der Waals surface area contributed by atoms with E-state index < -0.39 is 11.8 Å². The predicted octanol–water partition coefficient (Wildman–Crippen LogP) is 7.53. The Kier molecular flexibility index (Phi) is 7.22. The summed E-state index contributed by atoms with van der Waals surface area (Å²) in [6.07, 6.45) is 3.06. The van der Waals surface area contributed by atoms with Crippen molar-refractivity contribution < 1.29 is 24.1 Å².